The lowest BCUT2D eigenvalue weighted by atomic mass is 10.3. The fourth-order valence-corrected chi connectivity index (χ4v) is 0.861. The van der Waals surface area contributed by atoms with Crippen molar-refractivity contribution >= 4 is 0 Å². The van der Waals surface area contributed by atoms with Crippen molar-refractivity contribution in [3.05, 3.63) is 29.6 Å². The van der Waals surface area contributed by atoms with Crippen LogP contribution in [0.15, 0.2) is 18.2 Å². The SMILES string of the molecule is COCC#Cc1cccc(C(F)(F)F)n1. The molecule has 0 N–H and O–H groups in total. The second-order valence-electron chi connectivity index (χ2n) is 2.64. The molecule has 0 saturated heterocycles. The van der Waals surface area contributed by atoms with E-state index in [1.807, 2.05) is 0 Å². The van der Waals surface area contributed by atoms with Gasteiger partial charge in [-0.15, -0.1) is 0 Å². The summed E-state index contributed by atoms with van der Waals surface area (Å²) in [5.74, 6) is 5.00. The van der Waals surface area contributed by atoms with Crippen LogP contribution in [0.1, 0.15) is 11.4 Å². The third-order valence-corrected chi connectivity index (χ3v) is 1.47. The molecule has 80 valence electrons. The summed E-state index contributed by atoms with van der Waals surface area (Å²) in [4.78, 5) is 3.36. The van der Waals surface area contributed by atoms with Crippen LogP contribution in [0.5, 0.6) is 0 Å². The van der Waals surface area contributed by atoms with Crippen LogP contribution in [0.25, 0.3) is 0 Å². The molecule has 15 heavy (non-hydrogen) atoms. The number of pyridine rings is 1. The summed E-state index contributed by atoms with van der Waals surface area (Å²) in [6.07, 6.45) is -4.43. The van der Waals surface area contributed by atoms with Crippen LogP contribution in [-0.4, -0.2) is 18.7 Å². The second-order valence-corrected chi connectivity index (χ2v) is 2.64. The summed E-state index contributed by atoms with van der Waals surface area (Å²) in [5, 5.41) is 0. The summed E-state index contributed by atoms with van der Waals surface area (Å²) in [5.41, 5.74) is -0.853. The molecule has 0 aliphatic carbocycles. The summed E-state index contributed by atoms with van der Waals surface area (Å²) in [7, 11) is 1.45. The van der Waals surface area contributed by atoms with Gasteiger partial charge in [0.25, 0.3) is 0 Å². The van der Waals surface area contributed by atoms with Crippen LogP contribution in [0.2, 0.25) is 0 Å². The Morgan fingerprint density at radius 1 is 1.40 bits per heavy atom. The maximum absolute atomic E-state index is 12.2. The fourth-order valence-electron chi connectivity index (χ4n) is 0.861. The normalized spacial score (nSPS) is 10.7. The first-order chi connectivity index (χ1) is 7.04. The van der Waals surface area contributed by atoms with E-state index in [0.717, 1.165) is 6.07 Å². The number of ether oxygens (including phenoxy) is 1. The highest BCUT2D eigenvalue weighted by atomic mass is 19.4. The Labute approximate surface area is 85.1 Å². The van der Waals surface area contributed by atoms with E-state index in [0.29, 0.717) is 0 Å². The Morgan fingerprint density at radius 3 is 2.73 bits per heavy atom. The number of halogens is 3. The van der Waals surface area contributed by atoms with Gasteiger partial charge in [-0.1, -0.05) is 12.0 Å². The third-order valence-electron chi connectivity index (χ3n) is 1.47. The number of hydrogen-bond acceptors (Lipinski definition) is 2. The van der Waals surface area contributed by atoms with E-state index >= 15 is 0 Å². The van der Waals surface area contributed by atoms with Crippen molar-refractivity contribution in [2.75, 3.05) is 13.7 Å². The van der Waals surface area contributed by atoms with Crippen LogP contribution >= 0.6 is 0 Å². The number of methoxy groups -OCH3 is 1. The summed E-state index contributed by atoms with van der Waals surface area (Å²) >= 11 is 0. The predicted molar refractivity (Wildman–Crippen MR) is 48.0 cm³/mol. The molecule has 0 saturated carbocycles. The van der Waals surface area contributed by atoms with Crippen molar-refractivity contribution in [2.45, 2.75) is 6.18 Å². The topological polar surface area (TPSA) is 22.1 Å². The largest absolute Gasteiger partial charge is 0.433 e. The Bertz CT molecular complexity index is 390. The minimum Gasteiger partial charge on any atom is -0.372 e. The molecule has 0 fully saturated rings. The van der Waals surface area contributed by atoms with E-state index in [1.165, 1.54) is 19.2 Å². The van der Waals surface area contributed by atoms with Gasteiger partial charge in [0.05, 0.1) is 0 Å². The summed E-state index contributed by atoms with van der Waals surface area (Å²) in [6, 6.07) is 3.59. The van der Waals surface area contributed by atoms with Gasteiger partial charge in [-0.05, 0) is 18.1 Å². The molecule has 0 bridgehead atoms. The molecule has 5 heteroatoms. The zero-order valence-electron chi connectivity index (χ0n) is 7.93. The molecule has 0 aliphatic heterocycles. The zero-order chi connectivity index (χ0) is 11.3. The zero-order valence-corrected chi connectivity index (χ0v) is 7.93. The monoisotopic (exact) mass is 215 g/mol. The van der Waals surface area contributed by atoms with Crippen molar-refractivity contribution in [1.82, 2.24) is 4.98 Å². The second kappa shape index (κ2) is 4.80. The molecule has 0 atom stereocenters. The van der Waals surface area contributed by atoms with Gasteiger partial charge in [0.1, 0.15) is 18.0 Å². The molecule has 1 aromatic heterocycles. The highest BCUT2D eigenvalue weighted by Crippen LogP contribution is 2.27. The molecule has 1 aromatic rings. The first-order valence-corrected chi connectivity index (χ1v) is 4.06. The fraction of sp³-hybridized carbons (Fsp3) is 0.300. The summed E-state index contributed by atoms with van der Waals surface area (Å²) in [6.45, 7) is 0.165. The van der Waals surface area contributed by atoms with Crippen molar-refractivity contribution in [3.63, 3.8) is 0 Å². The van der Waals surface area contributed by atoms with E-state index in [4.69, 9.17) is 0 Å². The standard InChI is InChI=1S/C10H8F3NO/c1-15-7-3-5-8-4-2-6-9(14-8)10(11,12)13/h2,4,6H,7H2,1H3. The Kier molecular flexibility index (Phi) is 3.69. The molecule has 0 unspecified atom stereocenters. The molecule has 2 nitrogen and oxygen atoms in total. The van der Waals surface area contributed by atoms with Gasteiger partial charge in [-0.2, -0.15) is 13.2 Å². The van der Waals surface area contributed by atoms with Crippen molar-refractivity contribution in [3.8, 4) is 11.8 Å². The minimum atomic E-state index is -4.43. The first kappa shape index (κ1) is 11.5. The number of aromatic nitrogens is 1. The Balaban J connectivity index is 2.90. The van der Waals surface area contributed by atoms with Gasteiger partial charge >= 0.3 is 6.18 Å². The first-order valence-electron chi connectivity index (χ1n) is 4.06. The molecule has 1 heterocycles. The number of nitrogens with zero attached hydrogens (tertiary/aromatic N) is 1. The Hall–Kier alpha value is -1.54. The van der Waals surface area contributed by atoms with E-state index in [9.17, 15) is 13.2 Å². The smallest absolute Gasteiger partial charge is 0.372 e. The highest BCUT2D eigenvalue weighted by molar-refractivity contribution is 5.29. The van der Waals surface area contributed by atoms with Gasteiger partial charge < -0.3 is 4.74 Å². The van der Waals surface area contributed by atoms with Crippen molar-refractivity contribution in [2.24, 2.45) is 0 Å². The number of alkyl halides is 3. The van der Waals surface area contributed by atoms with Crippen molar-refractivity contribution < 1.29 is 17.9 Å². The van der Waals surface area contributed by atoms with Crippen molar-refractivity contribution in [1.29, 1.82) is 0 Å². The predicted octanol–water partition coefficient (Wildman–Crippen LogP) is 2.10. The molecular weight excluding hydrogens is 207 g/mol. The molecule has 0 aromatic carbocycles. The highest BCUT2D eigenvalue weighted by Gasteiger charge is 2.32. The van der Waals surface area contributed by atoms with Crippen LogP contribution in [0.3, 0.4) is 0 Å². The lowest BCUT2D eigenvalue weighted by molar-refractivity contribution is -0.141. The lowest BCUT2D eigenvalue weighted by Crippen LogP contribution is -2.08. The molecule has 0 aliphatic rings. The molecule has 0 spiro atoms. The molecule has 1 rings (SSSR count). The average Bonchev–Trinajstić information content (AvgIpc) is 2.17. The maximum Gasteiger partial charge on any atom is 0.433 e. The van der Waals surface area contributed by atoms with E-state index in [-0.39, 0.29) is 12.3 Å². The number of rotatable bonds is 1. The van der Waals surface area contributed by atoms with Gasteiger partial charge in [-0.3, -0.25) is 0 Å². The lowest BCUT2D eigenvalue weighted by Gasteiger charge is -2.04. The maximum atomic E-state index is 12.2. The van der Waals surface area contributed by atoms with Crippen LogP contribution in [0.4, 0.5) is 13.2 Å². The molecule has 0 radical (unpaired) electrons. The summed E-state index contributed by atoms with van der Waals surface area (Å²) < 4.78 is 41.3. The van der Waals surface area contributed by atoms with Gasteiger partial charge in [-0.25, -0.2) is 4.98 Å². The van der Waals surface area contributed by atoms with Gasteiger partial charge in [0.2, 0.25) is 0 Å². The third kappa shape index (κ3) is 3.60. The van der Waals surface area contributed by atoms with Gasteiger partial charge in [0.15, 0.2) is 0 Å². The van der Waals surface area contributed by atoms with E-state index in [2.05, 4.69) is 21.6 Å². The van der Waals surface area contributed by atoms with Crippen LogP contribution in [-0.2, 0) is 10.9 Å². The average molecular weight is 215 g/mol. The minimum absolute atomic E-state index is 0.0851. The molecule has 0 amide bonds. The molecular formula is C10H8F3NO. The number of hydrogen-bond donors (Lipinski definition) is 0. The van der Waals surface area contributed by atoms with Crippen LogP contribution in [0, 0.1) is 11.8 Å². The van der Waals surface area contributed by atoms with E-state index < -0.39 is 11.9 Å². The van der Waals surface area contributed by atoms with E-state index in [1.54, 1.807) is 0 Å². The quantitative estimate of drug-likeness (QED) is 0.669. The van der Waals surface area contributed by atoms with Gasteiger partial charge in [0, 0.05) is 7.11 Å². The van der Waals surface area contributed by atoms with Crippen LogP contribution < -0.4 is 0 Å². The Morgan fingerprint density at radius 2 is 2.13 bits per heavy atom.